The highest BCUT2D eigenvalue weighted by Gasteiger charge is 2.59. The monoisotopic (exact) mass is 414 g/mol. The third kappa shape index (κ3) is 3.84. The van der Waals surface area contributed by atoms with Gasteiger partial charge in [0.2, 0.25) is 0 Å². The van der Waals surface area contributed by atoms with E-state index in [0.29, 0.717) is 10.8 Å². The van der Waals surface area contributed by atoms with Crippen molar-refractivity contribution in [1.82, 2.24) is 0 Å². The average molecular weight is 415 g/mol. The normalized spacial score (nSPS) is 45.3. The Bertz CT molecular complexity index is 634. The van der Waals surface area contributed by atoms with Crippen LogP contribution >= 0.6 is 0 Å². The van der Waals surface area contributed by atoms with Crippen LogP contribution in [0.5, 0.6) is 0 Å². The smallest absolute Gasteiger partial charge is 0.0577 e. The Morgan fingerprint density at radius 1 is 1.00 bits per heavy atom. The second-order valence-electron chi connectivity index (χ2n) is 13.0. The highest BCUT2D eigenvalue weighted by atomic mass is 16.3. The van der Waals surface area contributed by atoms with Crippen LogP contribution in [-0.4, -0.2) is 11.2 Å². The second kappa shape index (κ2) is 8.57. The van der Waals surface area contributed by atoms with E-state index in [0.717, 1.165) is 54.3 Å². The van der Waals surface area contributed by atoms with Crippen molar-refractivity contribution in [3.63, 3.8) is 0 Å². The maximum Gasteiger partial charge on any atom is 0.0577 e. The van der Waals surface area contributed by atoms with E-state index in [9.17, 15) is 5.11 Å². The summed E-state index contributed by atoms with van der Waals surface area (Å²) in [5, 5.41) is 10.3. The van der Waals surface area contributed by atoms with Crippen LogP contribution in [0.25, 0.3) is 0 Å². The van der Waals surface area contributed by atoms with Gasteiger partial charge in [-0.2, -0.15) is 0 Å². The molecule has 172 valence electrons. The number of allylic oxidation sites excluding steroid dienone is 1. The quantitative estimate of drug-likeness (QED) is 0.436. The minimum atomic E-state index is -0.0798. The first-order valence-electron chi connectivity index (χ1n) is 13.6. The summed E-state index contributed by atoms with van der Waals surface area (Å²) in [6.07, 6.45) is 17.1. The standard InChI is InChI=1S/C29H50O/c1-7-21(16-19(2)3)17-20(4)25-10-11-26-24-9-8-22-18-23(30)12-14-28(22,5)27(24)13-15-29(25,26)6/h8,19-21,23-27,30H,7,9-18H2,1-6H3/t20-,21-,23+,24-,25-,26-,27-,28+,29-/m1/s1. The van der Waals surface area contributed by atoms with Gasteiger partial charge in [0.25, 0.3) is 0 Å². The van der Waals surface area contributed by atoms with E-state index < -0.39 is 0 Å². The van der Waals surface area contributed by atoms with Gasteiger partial charge in [0, 0.05) is 0 Å². The molecule has 30 heavy (non-hydrogen) atoms. The van der Waals surface area contributed by atoms with Crippen molar-refractivity contribution in [2.24, 2.45) is 52.3 Å². The number of fused-ring (bicyclic) bond motifs is 5. The fourth-order valence-corrected chi connectivity index (χ4v) is 9.40. The first kappa shape index (κ1) is 22.9. The Morgan fingerprint density at radius 2 is 1.77 bits per heavy atom. The lowest BCUT2D eigenvalue weighted by molar-refractivity contribution is -0.0582. The van der Waals surface area contributed by atoms with Crippen molar-refractivity contribution in [2.45, 2.75) is 118 Å². The Hall–Kier alpha value is -0.300. The third-order valence-electron chi connectivity index (χ3n) is 10.9. The molecule has 0 amide bonds. The van der Waals surface area contributed by atoms with E-state index in [4.69, 9.17) is 0 Å². The van der Waals surface area contributed by atoms with Crippen molar-refractivity contribution < 1.29 is 5.11 Å². The number of aliphatic hydroxyl groups excluding tert-OH is 1. The van der Waals surface area contributed by atoms with Crippen LogP contribution in [0.4, 0.5) is 0 Å². The molecule has 0 radical (unpaired) electrons. The summed E-state index contributed by atoms with van der Waals surface area (Å²) in [5.41, 5.74) is 2.58. The van der Waals surface area contributed by atoms with Crippen molar-refractivity contribution >= 4 is 0 Å². The molecule has 3 saturated carbocycles. The summed E-state index contributed by atoms with van der Waals surface area (Å²) in [6.45, 7) is 15.1. The highest BCUT2D eigenvalue weighted by Crippen LogP contribution is 2.67. The Labute approximate surface area is 187 Å². The minimum Gasteiger partial charge on any atom is -0.393 e. The van der Waals surface area contributed by atoms with Crippen molar-refractivity contribution in [3.05, 3.63) is 11.6 Å². The third-order valence-corrected chi connectivity index (χ3v) is 10.9. The van der Waals surface area contributed by atoms with Gasteiger partial charge < -0.3 is 5.11 Å². The van der Waals surface area contributed by atoms with Gasteiger partial charge in [-0.1, -0.05) is 59.6 Å². The molecule has 1 heteroatoms. The second-order valence-corrected chi connectivity index (χ2v) is 13.0. The molecule has 4 rings (SSSR count). The summed E-state index contributed by atoms with van der Waals surface area (Å²) in [7, 11) is 0. The molecule has 0 aromatic carbocycles. The predicted octanol–water partition coefficient (Wildman–Crippen LogP) is 8.02. The maximum absolute atomic E-state index is 10.3. The van der Waals surface area contributed by atoms with Gasteiger partial charge in [-0.3, -0.25) is 0 Å². The van der Waals surface area contributed by atoms with Gasteiger partial charge in [-0.15, -0.1) is 0 Å². The van der Waals surface area contributed by atoms with Crippen LogP contribution in [0.1, 0.15) is 112 Å². The van der Waals surface area contributed by atoms with Gasteiger partial charge >= 0.3 is 0 Å². The number of aliphatic hydroxyl groups is 1. The number of hydrogen-bond donors (Lipinski definition) is 1. The molecule has 4 aliphatic carbocycles. The summed E-state index contributed by atoms with van der Waals surface area (Å²) < 4.78 is 0. The molecular weight excluding hydrogens is 364 g/mol. The van der Waals surface area contributed by atoms with Gasteiger partial charge in [-0.05, 0) is 116 Å². The van der Waals surface area contributed by atoms with Crippen LogP contribution in [0.2, 0.25) is 0 Å². The lowest BCUT2D eigenvalue weighted by atomic mass is 9.47. The first-order chi connectivity index (χ1) is 14.2. The van der Waals surface area contributed by atoms with Crippen LogP contribution in [0, 0.1) is 52.3 Å². The Kier molecular flexibility index (Phi) is 6.53. The van der Waals surface area contributed by atoms with Crippen LogP contribution in [-0.2, 0) is 0 Å². The Morgan fingerprint density at radius 3 is 2.47 bits per heavy atom. The highest BCUT2D eigenvalue weighted by molar-refractivity contribution is 5.25. The lowest BCUT2D eigenvalue weighted by Gasteiger charge is -2.58. The summed E-state index contributed by atoms with van der Waals surface area (Å²) in [4.78, 5) is 0. The van der Waals surface area contributed by atoms with Gasteiger partial charge in [0.15, 0.2) is 0 Å². The fourth-order valence-electron chi connectivity index (χ4n) is 9.40. The Balaban J connectivity index is 1.50. The summed E-state index contributed by atoms with van der Waals surface area (Å²) >= 11 is 0. The SMILES string of the molecule is CC[C@H](CC(C)C)C[C@@H](C)[C@H]1CC[C@@H]2[C@H]3CC=C4C[C@@H](O)CC[C@]4(C)[C@@H]3CC[C@@]21C. The van der Waals surface area contributed by atoms with Gasteiger partial charge in [0.05, 0.1) is 6.10 Å². The number of hydrogen-bond acceptors (Lipinski definition) is 1. The average Bonchev–Trinajstić information content (AvgIpc) is 3.05. The molecule has 0 heterocycles. The zero-order valence-corrected chi connectivity index (χ0v) is 20.9. The molecule has 9 atom stereocenters. The molecule has 0 aromatic heterocycles. The van der Waals surface area contributed by atoms with Gasteiger partial charge in [-0.25, -0.2) is 0 Å². The van der Waals surface area contributed by atoms with E-state index in [2.05, 4.69) is 47.6 Å². The van der Waals surface area contributed by atoms with E-state index in [1.54, 1.807) is 5.57 Å². The zero-order chi connectivity index (χ0) is 21.7. The molecule has 0 aliphatic heterocycles. The molecule has 0 saturated heterocycles. The number of rotatable bonds is 6. The summed E-state index contributed by atoms with van der Waals surface area (Å²) in [5.74, 6) is 6.31. The molecule has 4 aliphatic rings. The van der Waals surface area contributed by atoms with Gasteiger partial charge in [0.1, 0.15) is 0 Å². The molecule has 0 bridgehead atoms. The predicted molar refractivity (Wildman–Crippen MR) is 128 cm³/mol. The first-order valence-corrected chi connectivity index (χ1v) is 13.6. The van der Waals surface area contributed by atoms with Crippen molar-refractivity contribution in [3.8, 4) is 0 Å². The van der Waals surface area contributed by atoms with Crippen LogP contribution < -0.4 is 0 Å². The fraction of sp³-hybridized carbons (Fsp3) is 0.931. The molecule has 1 nitrogen and oxygen atoms in total. The molecule has 1 N–H and O–H groups in total. The van der Waals surface area contributed by atoms with E-state index in [1.165, 1.54) is 57.8 Å². The lowest BCUT2D eigenvalue weighted by Crippen LogP contribution is -2.50. The molecular formula is C29H50O. The topological polar surface area (TPSA) is 20.2 Å². The maximum atomic E-state index is 10.3. The van der Waals surface area contributed by atoms with Crippen LogP contribution in [0.15, 0.2) is 11.6 Å². The molecule has 3 fully saturated rings. The van der Waals surface area contributed by atoms with Crippen molar-refractivity contribution in [2.75, 3.05) is 0 Å². The van der Waals surface area contributed by atoms with Crippen LogP contribution in [0.3, 0.4) is 0 Å². The molecule has 0 aromatic rings. The largest absolute Gasteiger partial charge is 0.393 e. The van der Waals surface area contributed by atoms with E-state index >= 15 is 0 Å². The molecule has 0 unspecified atom stereocenters. The summed E-state index contributed by atoms with van der Waals surface area (Å²) in [6, 6.07) is 0. The van der Waals surface area contributed by atoms with Crippen molar-refractivity contribution in [1.29, 1.82) is 0 Å². The zero-order valence-electron chi connectivity index (χ0n) is 20.9. The molecule has 0 spiro atoms. The minimum absolute atomic E-state index is 0.0798. The van der Waals surface area contributed by atoms with E-state index in [-0.39, 0.29) is 6.10 Å². The van der Waals surface area contributed by atoms with E-state index in [1.807, 2.05) is 0 Å².